The zero-order valence-electron chi connectivity index (χ0n) is 19.9. The van der Waals surface area contributed by atoms with E-state index in [-0.39, 0.29) is 0 Å². The van der Waals surface area contributed by atoms with Crippen LogP contribution in [-0.4, -0.2) is 30.9 Å². The van der Waals surface area contributed by atoms with Crippen LogP contribution in [0, 0.1) is 0 Å². The third-order valence-electron chi connectivity index (χ3n) is 5.29. The molecule has 0 saturated heterocycles. The van der Waals surface area contributed by atoms with Crippen LogP contribution in [-0.2, 0) is 10.0 Å². The minimum atomic E-state index is -3.80. The van der Waals surface area contributed by atoms with Crippen molar-refractivity contribution < 1.29 is 8.42 Å². The summed E-state index contributed by atoms with van der Waals surface area (Å²) < 4.78 is 32.7. The van der Waals surface area contributed by atoms with Crippen LogP contribution < -0.4 is 9.62 Å². The Kier molecular flexibility index (Phi) is 8.19. The third kappa shape index (κ3) is 6.61. The number of benzene rings is 3. The molecule has 0 aliphatic carbocycles. The highest BCUT2D eigenvalue weighted by Crippen LogP contribution is 2.33. The fourth-order valence-electron chi connectivity index (χ4n) is 3.46. The standard InChI is InChI=1S/C26H26N6O2S2/c1-3-32(4-2)22-15-16-23(28-29-26-27-25(30-35-26)21-13-9-6-10-14-21)24(19-22)31-36(33,34)18-17-20-11-7-5-8-12-20/h5-19,31H,3-4H2,1-2H3. The van der Waals surface area contributed by atoms with E-state index in [1.54, 1.807) is 18.2 Å². The van der Waals surface area contributed by atoms with Gasteiger partial charge in [-0.3, -0.25) is 4.72 Å². The van der Waals surface area contributed by atoms with Gasteiger partial charge in [-0.1, -0.05) is 60.7 Å². The van der Waals surface area contributed by atoms with Crippen LogP contribution in [0.15, 0.2) is 94.5 Å². The van der Waals surface area contributed by atoms with Crippen LogP contribution in [0.4, 0.5) is 22.2 Å². The largest absolute Gasteiger partial charge is 0.372 e. The van der Waals surface area contributed by atoms with Crippen LogP contribution in [0.2, 0.25) is 0 Å². The van der Waals surface area contributed by atoms with Gasteiger partial charge in [0, 0.05) is 35.9 Å². The second-order valence-corrected chi connectivity index (χ2v) is 10.00. The SMILES string of the molecule is CCN(CC)c1ccc(N=Nc2nc(-c3ccccc3)ns2)c(NS(=O)(=O)C=Cc2ccccc2)c1. The van der Waals surface area contributed by atoms with Crippen molar-refractivity contribution in [3.8, 4) is 11.4 Å². The summed E-state index contributed by atoms with van der Waals surface area (Å²) in [5.74, 6) is 0.568. The smallest absolute Gasteiger partial charge is 0.255 e. The van der Waals surface area contributed by atoms with Gasteiger partial charge in [-0.05, 0) is 43.7 Å². The number of hydrogen-bond donors (Lipinski definition) is 1. The highest BCUT2D eigenvalue weighted by molar-refractivity contribution is 7.95. The minimum Gasteiger partial charge on any atom is -0.372 e. The van der Waals surface area contributed by atoms with Gasteiger partial charge in [0.05, 0.1) is 11.1 Å². The van der Waals surface area contributed by atoms with E-state index in [1.165, 1.54) is 0 Å². The van der Waals surface area contributed by atoms with Crippen molar-refractivity contribution in [3.05, 3.63) is 89.8 Å². The second kappa shape index (κ2) is 11.7. The van der Waals surface area contributed by atoms with Gasteiger partial charge in [0.25, 0.3) is 10.0 Å². The van der Waals surface area contributed by atoms with Crippen molar-refractivity contribution in [1.82, 2.24) is 9.36 Å². The summed E-state index contributed by atoms with van der Waals surface area (Å²) in [5.41, 5.74) is 3.25. The number of azo groups is 1. The van der Waals surface area contributed by atoms with E-state index >= 15 is 0 Å². The summed E-state index contributed by atoms with van der Waals surface area (Å²) in [7, 11) is -3.80. The molecule has 3 aromatic carbocycles. The van der Waals surface area contributed by atoms with Crippen molar-refractivity contribution in [1.29, 1.82) is 0 Å². The first-order valence-corrected chi connectivity index (χ1v) is 13.7. The summed E-state index contributed by atoms with van der Waals surface area (Å²) in [5, 5.41) is 10.0. The zero-order chi connectivity index (χ0) is 25.4. The lowest BCUT2D eigenvalue weighted by Gasteiger charge is -2.22. The van der Waals surface area contributed by atoms with Crippen LogP contribution in [0.3, 0.4) is 0 Å². The molecule has 0 aliphatic heterocycles. The zero-order valence-corrected chi connectivity index (χ0v) is 21.6. The number of nitrogens with one attached hydrogen (secondary N) is 1. The number of aromatic nitrogens is 2. The quantitative estimate of drug-likeness (QED) is 0.231. The van der Waals surface area contributed by atoms with Crippen molar-refractivity contribution in [2.45, 2.75) is 13.8 Å². The fourth-order valence-corrected chi connectivity index (χ4v) is 4.85. The Morgan fingerprint density at radius 1 is 0.944 bits per heavy atom. The summed E-state index contributed by atoms with van der Waals surface area (Å²) >= 11 is 1.12. The van der Waals surface area contributed by atoms with E-state index < -0.39 is 10.0 Å². The van der Waals surface area contributed by atoms with Crippen LogP contribution in [0.1, 0.15) is 19.4 Å². The van der Waals surface area contributed by atoms with Gasteiger partial charge in [0.2, 0.25) is 5.13 Å². The first-order valence-electron chi connectivity index (χ1n) is 11.4. The van der Waals surface area contributed by atoms with Gasteiger partial charge in [-0.15, -0.1) is 10.2 Å². The van der Waals surface area contributed by atoms with E-state index in [9.17, 15) is 8.42 Å². The lowest BCUT2D eigenvalue weighted by Crippen LogP contribution is -2.22. The molecule has 0 aliphatic rings. The summed E-state index contributed by atoms with van der Waals surface area (Å²) in [6, 6.07) is 24.3. The van der Waals surface area contributed by atoms with E-state index in [2.05, 4.69) is 29.2 Å². The number of rotatable bonds is 10. The first-order chi connectivity index (χ1) is 17.5. The van der Waals surface area contributed by atoms with Gasteiger partial charge < -0.3 is 4.90 Å². The molecule has 8 nitrogen and oxygen atoms in total. The van der Waals surface area contributed by atoms with Crippen LogP contribution >= 0.6 is 11.5 Å². The maximum Gasteiger partial charge on any atom is 0.255 e. The van der Waals surface area contributed by atoms with Gasteiger partial charge in [-0.2, -0.15) is 9.36 Å². The molecule has 184 valence electrons. The Labute approximate surface area is 215 Å². The minimum absolute atomic E-state index is 0.327. The highest BCUT2D eigenvalue weighted by Gasteiger charge is 2.14. The average Bonchev–Trinajstić information content (AvgIpc) is 3.38. The molecule has 0 amide bonds. The molecule has 0 bridgehead atoms. The van der Waals surface area contributed by atoms with Crippen molar-refractivity contribution in [2.24, 2.45) is 10.2 Å². The molecule has 36 heavy (non-hydrogen) atoms. The number of anilines is 2. The Morgan fingerprint density at radius 3 is 2.33 bits per heavy atom. The van der Waals surface area contributed by atoms with Gasteiger partial charge in [0.15, 0.2) is 5.82 Å². The molecule has 0 unspecified atom stereocenters. The Balaban J connectivity index is 1.62. The van der Waals surface area contributed by atoms with Crippen molar-refractivity contribution >= 4 is 49.8 Å². The molecule has 0 fully saturated rings. The van der Waals surface area contributed by atoms with Crippen LogP contribution in [0.25, 0.3) is 17.5 Å². The molecule has 0 atom stereocenters. The highest BCUT2D eigenvalue weighted by atomic mass is 32.2. The molecule has 1 N–H and O–H groups in total. The van der Waals surface area contributed by atoms with Gasteiger partial charge in [-0.25, -0.2) is 8.42 Å². The molecular weight excluding hydrogens is 492 g/mol. The molecule has 10 heteroatoms. The molecule has 4 rings (SSSR count). The summed E-state index contributed by atoms with van der Waals surface area (Å²) in [6.07, 6.45) is 1.55. The number of hydrogen-bond acceptors (Lipinski definition) is 8. The van der Waals surface area contributed by atoms with E-state index in [1.807, 2.05) is 80.6 Å². The molecule has 0 saturated carbocycles. The van der Waals surface area contributed by atoms with Gasteiger partial charge in [0.1, 0.15) is 5.69 Å². The second-order valence-electron chi connectivity index (χ2n) is 7.70. The fraction of sp³-hybridized carbons (Fsp3) is 0.154. The number of nitrogens with zero attached hydrogens (tertiary/aromatic N) is 5. The predicted octanol–water partition coefficient (Wildman–Crippen LogP) is 6.88. The topological polar surface area (TPSA) is 99.9 Å². The molecule has 0 spiro atoms. The van der Waals surface area contributed by atoms with Gasteiger partial charge >= 0.3 is 0 Å². The lowest BCUT2D eigenvalue weighted by atomic mass is 10.2. The average molecular weight is 519 g/mol. The number of sulfonamides is 1. The van der Waals surface area contributed by atoms with Crippen molar-refractivity contribution in [2.75, 3.05) is 22.7 Å². The Hall–Kier alpha value is -3.89. The third-order valence-corrected chi connectivity index (χ3v) is 6.89. The molecule has 1 aromatic heterocycles. The maximum absolute atomic E-state index is 12.9. The first kappa shape index (κ1) is 25.2. The lowest BCUT2D eigenvalue weighted by molar-refractivity contribution is 0.609. The van der Waals surface area contributed by atoms with E-state index in [0.29, 0.717) is 22.3 Å². The predicted molar refractivity (Wildman–Crippen MR) is 148 cm³/mol. The molecule has 0 radical (unpaired) electrons. The van der Waals surface area contributed by atoms with Crippen LogP contribution in [0.5, 0.6) is 0 Å². The Morgan fingerprint density at radius 2 is 1.64 bits per heavy atom. The molecule has 4 aromatic rings. The molecule has 1 heterocycles. The Bertz CT molecular complexity index is 1450. The van der Waals surface area contributed by atoms with E-state index in [4.69, 9.17) is 0 Å². The van der Waals surface area contributed by atoms with E-state index in [0.717, 1.165) is 46.8 Å². The summed E-state index contributed by atoms with van der Waals surface area (Å²) in [6.45, 7) is 5.65. The van der Waals surface area contributed by atoms with Crippen molar-refractivity contribution in [3.63, 3.8) is 0 Å². The normalized spacial score (nSPS) is 11.8. The monoisotopic (exact) mass is 518 g/mol. The molecular formula is C26H26N6O2S2. The summed E-state index contributed by atoms with van der Waals surface area (Å²) in [4.78, 5) is 6.54. The maximum atomic E-state index is 12.9.